The zero-order chi connectivity index (χ0) is 8.97. The number of likely N-dealkylation sites (tertiary alicyclic amines) is 1. The van der Waals surface area contributed by atoms with Crippen LogP contribution in [0.2, 0.25) is 0 Å². The highest BCUT2D eigenvalue weighted by molar-refractivity contribution is 4.90. The van der Waals surface area contributed by atoms with E-state index >= 15 is 0 Å². The predicted molar refractivity (Wildman–Crippen MR) is 51.4 cm³/mol. The summed E-state index contributed by atoms with van der Waals surface area (Å²) in [5, 5.41) is 0. The number of hydrogen-bond donors (Lipinski definition) is 0. The second-order valence-electron chi connectivity index (χ2n) is 3.34. The summed E-state index contributed by atoms with van der Waals surface area (Å²) in [6.45, 7) is 9.69. The second kappa shape index (κ2) is 4.83. The van der Waals surface area contributed by atoms with Crippen LogP contribution in [0.3, 0.4) is 0 Å². The Hall–Kier alpha value is -0.0800. The van der Waals surface area contributed by atoms with E-state index in [9.17, 15) is 0 Å². The van der Waals surface area contributed by atoms with Gasteiger partial charge in [-0.05, 0) is 19.4 Å². The van der Waals surface area contributed by atoms with Crippen LogP contribution in [0.1, 0.15) is 33.6 Å². The third-order valence-electron chi connectivity index (χ3n) is 2.52. The maximum atomic E-state index is 5.49. The Balaban J connectivity index is 0.000000336. The van der Waals surface area contributed by atoms with Crippen molar-refractivity contribution < 1.29 is 4.74 Å². The smallest absolute Gasteiger partial charge is 0.0718 e. The van der Waals surface area contributed by atoms with Gasteiger partial charge in [0.2, 0.25) is 0 Å². The Morgan fingerprint density at radius 2 is 2.17 bits per heavy atom. The summed E-state index contributed by atoms with van der Waals surface area (Å²) in [6, 6.07) is 0.768. The number of fused-ring (bicyclic) bond motifs is 2. The van der Waals surface area contributed by atoms with E-state index in [4.69, 9.17) is 4.74 Å². The highest BCUT2D eigenvalue weighted by Crippen LogP contribution is 2.27. The van der Waals surface area contributed by atoms with E-state index in [0.717, 1.165) is 12.6 Å². The van der Waals surface area contributed by atoms with Gasteiger partial charge in [0.05, 0.1) is 12.7 Å². The van der Waals surface area contributed by atoms with E-state index in [1.54, 1.807) is 0 Å². The number of morpholine rings is 1. The Morgan fingerprint density at radius 1 is 1.42 bits per heavy atom. The molecule has 0 aromatic rings. The normalized spacial score (nSPS) is 33.2. The monoisotopic (exact) mass is 171 g/mol. The molecule has 0 saturated carbocycles. The van der Waals surface area contributed by atoms with Crippen molar-refractivity contribution in [2.45, 2.75) is 45.8 Å². The van der Waals surface area contributed by atoms with Crippen LogP contribution in [0.25, 0.3) is 0 Å². The van der Waals surface area contributed by atoms with Gasteiger partial charge in [-0.15, -0.1) is 0 Å². The van der Waals surface area contributed by atoms with Crippen molar-refractivity contribution in [2.75, 3.05) is 19.7 Å². The molecule has 0 aromatic carbocycles. The fourth-order valence-electron chi connectivity index (χ4n) is 2.04. The zero-order valence-electron chi connectivity index (χ0n) is 8.55. The number of rotatable bonds is 2. The van der Waals surface area contributed by atoms with Crippen LogP contribution in [0, 0.1) is 0 Å². The van der Waals surface area contributed by atoms with Crippen molar-refractivity contribution in [1.29, 1.82) is 0 Å². The summed E-state index contributed by atoms with van der Waals surface area (Å²) in [5.74, 6) is 0. The lowest BCUT2D eigenvalue weighted by Gasteiger charge is -2.25. The molecular weight excluding hydrogens is 150 g/mol. The molecule has 2 unspecified atom stereocenters. The summed E-state index contributed by atoms with van der Waals surface area (Å²) in [6.07, 6.45) is 3.15. The molecule has 2 rings (SSSR count). The number of ether oxygens (including phenoxy) is 1. The van der Waals surface area contributed by atoms with Crippen molar-refractivity contribution in [1.82, 2.24) is 4.90 Å². The summed E-state index contributed by atoms with van der Waals surface area (Å²) in [5.41, 5.74) is 0. The molecule has 2 aliphatic heterocycles. The molecule has 2 saturated heterocycles. The lowest BCUT2D eigenvalue weighted by molar-refractivity contribution is 0.0308. The van der Waals surface area contributed by atoms with E-state index in [0.29, 0.717) is 6.10 Å². The summed E-state index contributed by atoms with van der Waals surface area (Å²) in [4.78, 5) is 2.56. The topological polar surface area (TPSA) is 12.5 Å². The molecule has 0 aromatic heterocycles. The van der Waals surface area contributed by atoms with Gasteiger partial charge < -0.3 is 4.74 Å². The third-order valence-corrected chi connectivity index (χ3v) is 2.52. The lowest BCUT2D eigenvalue weighted by atomic mass is 10.2. The van der Waals surface area contributed by atoms with Crippen molar-refractivity contribution in [3.05, 3.63) is 0 Å². The van der Waals surface area contributed by atoms with Crippen molar-refractivity contribution in [3.63, 3.8) is 0 Å². The molecule has 2 aliphatic rings. The van der Waals surface area contributed by atoms with Gasteiger partial charge in [-0.3, -0.25) is 4.90 Å². The largest absolute Gasteiger partial charge is 0.375 e. The van der Waals surface area contributed by atoms with Crippen LogP contribution >= 0.6 is 0 Å². The predicted octanol–water partition coefficient (Wildman–Crippen LogP) is 1.90. The van der Waals surface area contributed by atoms with Crippen molar-refractivity contribution in [2.24, 2.45) is 0 Å². The molecule has 2 heterocycles. The Labute approximate surface area is 75.9 Å². The zero-order valence-corrected chi connectivity index (χ0v) is 8.55. The Morgan fingerprint density at radius 3 is 2.58 bits per heavy atom. The SMILES string of the molecule is CC.CCCN1CC2CC1CO2. The minimum atomic E-state index is 0.580. The molecule has 0 radical (unpaired) electrons. The molecule has 0 aliphatic carbocycles. The lowest BCUT2D eigenvalue weighted by Crippen LogP contribution is -2.37. The molecule has 0 amide bonds. The number of nitrogens with zero attached hydrogens (tertiary/aromatic N) is 1. The molecule has 72 valence electrons. The van der Waals surface area contributed by atoms with E-state index in [1.807, 2.05) is 13.8 Å². The van der Waals surface area contributed by atoms with Crippen LogP contribution < -0.4 is 0 Å². The molecule has 2 nitrogen and oxygen atoms in total. The maximum Gasteiger partial charge on any atom is 0.0718 e. The molecule has 2 fully saturated rings. The van der Waals surface area contributed by atoms with Crippen molar-refractivity contribution in [3.8, 4) is 0 Å². The van der Waals surface area contributed by atoms with Gasteiger partial charge in [0, 0.05) is 12.6 Å². The molecule has 2 heteroatoms. The van der Waals surface area contributed by atoms with Crippen molar-refractivity contribution >= 4 is 0 Å². The standard InChI is InChI=1S/C8H15NO.C2H6/c1-2-3-9-5-8-4-7(9)6-10-8;1-2/h7-8H,2-6H2,1H3;1-2H3. The number of hydrogen-bond acceptors (Lipinski definition) is 2. The van der Waals surface area contributed by atoms with Gasteiger partial charge in [-0.2, -0.15) is 0 Å². The Kier molecular flexibility index (Phi) is 4.02. The summed E-state index contributed by atoms with van der Waals surface area (Å²) >= 11 is 0. The molecule has 0 spiro atoms. The molecular formula is C10H21NO. The van der Waals surface area contributed by atoms with Gasteiger partial charge in [-0.1, -0.05) is 20.8 Å². The average molecular weight is 171 g/mol. The molecule has 2 atom stereocenters. The van der Waals surface area contributed by atoms with Gasteiger partial charge in [0.25, 0.3) is 0 Å². The van der Waals surface area contributed by atoms with Gasteiger partial charge in [0.15, 0.2) is 0 Å². The van der Waals surface area contributed by atoms with E-state index in [-0.39, 0.29) is 0 Å². The first-order valence-electron chi connectivity index (χ1n) is 5.26. The first-order valence-corrected chi connectivity index (χ1v) is 5.26. The highest BCUT2D eigenvalue weighted by Gasteiger charge is 2.37. The molecule has 2 bridgehead atoms. The summed E-state index contributed by atoms with van der Waals surface area (Å²) in [7, 11) is 0. The molecule has 0 N–H and O–H groups in total. The average Bonchev–Trinajstić information content (AvgIpc) is 2.69. The van der Waals surface area contributed by atoms with Crippen LogP contribution in [-0.4, -0.2) is 36.7 Å². The van der Waals surface area contributed by atoms with Crippen LogP contribution in [-0.2, 0) is 4.74 Å². The van der Waals surface area contributed by atoms with Gasteiger partial charge in [0.1, 0.15) is 0 Å². The first kappa shape index (κ1) is 10.0. The van der Waals surface area contributed by atoms with E-state index in [1.165, 1.54) is 25.9 Å². The first-order chi connectivity index (χ1) is 5.90. The van der Waals surface area contributed by atoms with Crippen LogP contribution in [0.4, 0.5) is 0 Å². The van der Waals surface area contributed by atoms with E-state index in [2.05, 4.69) is 11.8 Å². The van der Waals surface area contributed by atoms with Crippen LogP contribution in [0.5, 0.6) is 0 Å². The van der Waals surface area contributed by atoms with Gasteiger partial charge in [-0.25, -0.2) is 0 Å². The van der Waals surface area contributed by atoms with Gasteiger partial charge >= 0.3 is 0 Å². The fourth-order valence-corrected chi connectivity index (χ4v) is 2.04. The third kappa shape index (κ3) is 1.99. The quantitative estimate of drug-likeness (QED) is 0.629. The second-order valence-corrected chi connectivity index (χ2v) is 3.34. The van der Waals surface area contributed by atoms with Crippen LogP contribution in [0.15, 0.2) is 0 Å². The summed E-state index contributed by atoms with van der Waals surface area (Å²) < 4.78 is 5.49. The highest BCUT2D eigenvalue weighted by atomic mass is 16.5. The minimum absolute atomic E-state index is 0.580. The minimum Gasteiger partial charge on any atom is -0.375 e. The Bertz CT molecular complexity index is 127. The maximum absolute atomic E-state index is 5.49. The molecule has 12 heavy (non-hydrogen) atoms. The van der Waals surface area contributed by atoms with E-state index < -0.39 is 0 Å². The fraction of sp³-hybridized carbons (Fsp3) is 1.00.